The zero-order valence-corrected chi connectivity index (χ0v) is 9.88. The van der Waals surface area contributed by atoms with Crippen LogP contribution in [0.5, 0.6) is 0 Å². The molecule has 4 heteroatoms. The van der Waals surface area contributed by atoms with E-state index in [0.717, 1.165) is 24.9 Å². The van der Waals surface area contributed by atoms with Gasteiger partial charge in [-0.3, -0.25) is 0 Å². The number of nitrogens with two attached hydrogens (primary N) is 1. The third kappa shape index (κ3) is 2.31. The van der Waals surface area contributed by atoms with Crippen molar-refractivity contribution in [1.82, 2.24) is 0 Å². The Morgan fingerprint density at radius 3 is 2.23 bits per heavy atom. The van der Waals surface area contributed by atoms with Gasteiger partial charge in [0.05, 0.1) is 0 Å². The van der Waals surface area contributed by atoms with Crippen LogP contribution in [0.1, 0.15) is 19.8 Å². The Kier molecular flexibility index (Phi) is 3.91. The monoisotopic (exact) mass is 203 g/mol. The molecule has 13 heavy (non-hydrogen) atoms. The molecule has 2 unspecified atom stereocenters. The molecule has 0 spiro atoms. The quantitative estimate of drug-likeness (QED) is 0.665. The van der Waals surface area contributed by atoms with E-state index >= 15 is 0 Å². The molecule has 0 aromatic rings. The van der Waals surface area contributed by atoms with E-state index in [1.54, 1.807) is 14.2 Å². The Labute approximate surface area is 81.8 Å². The van der Waals surface area contributed by atoms with Gasteiger partial charge in [-0.15, -0.1) is 0 Å². The molecule has 1 rings (SSSR count). The summed E-state index contributed by atoms with van der Waals surface area (Å²) in [5, 5.41) is 0. The smallest absolute Gasteiger partial charge is 0.341 e. The molecule has 78 valence electrons. The van der Waals surface area contributed by atoms with Crippen LogP contribution in [0.3, 0.4) is 0 Å². The van der Waals surface area contributed by atoms with E-state index in [-0.39, 0.29) is 0 Å². The molecule has 0 amide bonds. The van der Waals surface area contributed by atoms with E-state index in [4.69, 9.17) is 14.6 Å². The van der Waals surface area contributed by atoms with Crippen molar-refractivity contribution in [3.05, 3.63) is 0 Å². The van der Waals surface area contributed by atoms with E-state index in [0.29, 0.717) is 5.54 Å². The molecular weight excluding hydrogens is 182 g/mol. The van der Waals surface area contributed by atoms with Crippen molar-refractivity contribution in [3.8, 4) is 0 Å². The molecule has 0 saturated heterocycles. The lowest BCUT2D eigenvalue weighted by Gasteiger charge is -2.27. The minimum atomic E-state index is -1.87. The highest BCUT2D eigenvalue weighted by Crippen LogP contribution is 2.53. The Morgan fingerprint density at radius 1 is 1.38 bits per heavy atom. The molecule has 1 saturated carbocycles. The molecule has 1 aliphatic carbocycles. The molecule has 0 aromatic carbocycles. The minimum Gasteiger partial charge on any atom is -0.397 e. The molecule has 2 N–H and O–H groups in total. The molecule has 0 bridgehead atoms. The van der Waals surface area contributed by atoms with E-state index in [9.17, 15) is 0 Å². The van der Waals surface area contributed by atoms with Crippen LogP contribution in [0.15, 0.2) is 0 Å². The summed E-state index contributed by atoms with van der Waals surface area (Å²) < 4.78 is 11.3. The molecule has 3 nitrogen and oxygen atoms in total. The molecule has 1 aliphatic rings. The van der Waals surface area contributed by atoms with Gasteiger partial charge in [0.2, 0.25) is 0 Å². The SMILES string of the molecule is CO[Si](CCCN)(OC)C1CC1C. The van der Waals surface area contributed by atoms with Crippen LogP contribution in [-0.2, 0) is 8.85 Å². The first-order chi connectivity index (χ1) is 6.20. The topological polar surface area (TPSA) is 44.5 Å². The summed E-state index contributed by atoms with van der Waals surface area (Å²) in [6.07, 6.45) is 2.30. The van der Waals surface area contributed by atoms with Gasteiger partial charge in [0, 0.05) is 19.8 Å². The molecule has 0 aliphatic heterocycles. The third-order valence-corrected chi connectivity index (χ3v) is 7.46. The zero-order valence-electron chi connectivity index (χ0n) is 8.88. The van der Waals surface area contributed by atoms with E-state index in [1.807, 2.05) is 0 Å². The molecular formula is C9H21NO2Si. The van der Waals surface area contributed by atoms with Gasteiger partial charge in [-0.05, 0) is 31.3 Å². The first-order valence-corrected chi connectivity index (χ1v) is 7.10. The summed E-state index contributed by atoms with van der Waals surface area (Å²) in [7, 11) is 1.70. The second-order valence-corrected chi connectivity index (χ2v) is 7.61. The number of hydrogen-bond acceptors (Lipinski definition) is 3. The van der Waals surface area contributed by atoms with Crippen LogP contribution in [0, 0.1) is 5.92 Å². The molecule has 1 fully saturated rings. The van der Waals surface area contributed by atoms with Crippen molar-refractivity contribution in [2.75, 3.05) is 20.8 Å². The van der Waals surface area contributed by atoms with Gasteiger partial charge >= 0.3 is 8.56 Å². The van der Waals surface area contributed by atoms with Crippen molar-refractivity contribution in [2.45, 2.75) is 31.4 Å². The minimum absolute atomic E-state index is 0.703. The predicted molar refractivity (Wildman–Crippen MR) is 55.8 cm³/mol. The van der Waals surface area contributed by atoms with E-state index < -0.39 is 8.56 Å². The largest absolute Gasteiger partial charge is 0.397 e. The summed E-state index contributed by atoms with van der Waals surface area (Å²) in [5.74, 6) is 0.796. The van der Waals surface area contributed by atoms with Crippen LogP contribution in [0.4, 0.5) is 0 Å². The lowest BCUT2D eigenvalue weighted by molar-refractivity contribution is 0.237. The first-order valence-electron chi connectivity index (χ1n) is 5.00. The average molecular weight is 203 g/mol. The second kappa shape index (κ2) is 4.55. The van der Waals surface area contributed by atoms with Gasteiger partial charge in [0.1, 0.15) is 0 Å². The van der Waals surface area contributed by atoms with Crippen molar-refractivity contribution < 1.29 is 8.85 Å². The highest BCUT2D eigenvalue weighted by atomic mass is 28.4. The maximum atomic E-state index is 5.64. The Hall–Kier alpha value is 0.0969. The maximum absolute atomic E-state index is 5.64. The van der Waals surface area contributed by atoms with Gasteiger partial charge in [-0.2, -0.15) is 0 Å². The van der Waals surface area contributed by atoms with Crippen LogP contribution in [0.25, 0.3) is 0 Å². The van der Waals surface area contributed by atoms with Crippen molar-refractivity contribution in [3.63, 3.8) is 0 Å². The van der Waals surface area contributed by atoms with Crippen LogP contribution in [0.2, 0.25) is 11.6 Å². The lowest BCUT2D eigenvalue weighted by Crippen LogP contribution is -2.41. The van der Waals surface area contributed by atoms with Crippen molar-refractivity contribution in [2.24, 2.45) is 11.7 Å². The summed E-state index contributed by atoms with van der Waals surface area (Å²) in [5.41, 5.74) is 6.21. The Bertz CT molecular complexity index is 162. The fourth-order valence-corrected chi connectivity index (χ4v) is 5.91. The van der Waals surface area contributed by atoms with Gasteiger partial charge in [0.15, 0.2) is 0 Å². The number of hydrogen-bond donors (Lipinski definition) is 1. The normalized spacial score (nSPS) is 27.7. The summed E-state index contributed by atoms with van der Waals surface area (Å²) in [6, 6.07) is 1.05. The van der Waals surface area contributed by atoms with Gasteiger partial charge in [0.25, 0.3) is 0 Å². The Morgan fingerprint density at radius 2 is 1.92 bits per heavy atom. The van der Waals surface area contributed by atoms with Gasteiger partial charge in [-0.25, -0.2) is 0 Å². The highest BCUT2D eigenvalue weighted by Gasteiger charge is 2.54. The average Bonchev–Trinajstić information content (AvgIpc) is 2.87. The van der Waals surface area contributed by atoms with E-state index in [2.05, 4.69) is 6.92 Å². The van der Waals surface area contributed by atoms with Crippen molar-refractivity contribution >= 4 is 8.56 Å². The first kappa shape index (κ1) is 11.2. The fourth-order valence-electron chi connectivity index (χ4n) is 2.06. The number of rotatable bonds is 6. The lowest BCUT2D eigenvalue weighted by atomic mass is 10.5. The zero-order chi connectivity index (χ0) is 9.90. The fraction of sp³-hybridized carbons (Fsp3) is 1.00. The van der Waals surface area contributed by atoms with Gasteiger partial charge < -0.3 is 14.6 Å². The molecule has 0 heterocycles. The summed E-state index contributed by atoms with van der Waals surface area (Å²) in [6.45, 7) is 3.01. The van der Waals surface area contributed by atoms with Crippen molar-refractivity contribution in [1.29, 1.82) is 0 Å². The maximum Gasteiger partial charge on any atom is 0.341 e. The summed E-state index contributed by atoms with van der Waals surface area (Å²) in [4.78, 5) is 0. The second-order valence-electron chi connectivity index (χ2n) is 3.93. The highest BCUT2D eigenvalue weighted by molar-refractivity contribution is 6.69. The third-order valence-electron chi connectivity index (χ3n) is 3.09. The molecule has 0 aromatic heterocycles. The summed E-state index contributed by atoms with van der Waals surface area (Å²) >= 11 is 0. The van der Waals surface area contributed by atoms with Crippen LogP contribution in [-0.4, -0.2) is 29.3 Å². The standard InChI is InChI=1S/C9H21NO2Si/c1-8-7-9(8)13(11-2,12-3)6-4-5-10/h8-9H,4-7,10H2,1-3H3. The van der Waals surface area contributed by atoms with Crippen LogP contribution >= 0.6 is 0 Å². The Balaban J connectivity index is 2.51. The molecule has 0 radical (unpaired) electrons. The van der Waals surface area contributed by atoms with Crippen LogP contribution < -0.4 is 5.73 Å². The van der Waals surface area contributed by atoms with Gasteiger partial charge in [-0.1, -0.05) is 6.92 Å². The van der Waals surface area contributed by atoms with E-state index in [1.165, 1.54) is 6.42 Å². The predicted octanol–water partition coefficient (Wildman–Crippen LogP) is 1.48. The molecule has 2 atom stereocenters.